The Labute approximate surface area is 126 Å². The number of sulfonamides is 2. The van der Waals surface area contributed by atoms with Crippen LogP contribution < -0.4 is 9.86 Å². The fourth-order valence-electron chi connectivity index (χ4n) is 1.50. The molecule has 0 atom stereocenters. The van der Waals surface area contributed by atoms with Crippen molar-refractivity contribution < 1.29 is 16.8 Å². The van der Waals surface area contributed by atoms with Gasteiger partial charge in [-0.25, -0.2) is 22.0 Å². The van der Waals surface area contributed by atoms with E-state index in [1.54, 1.807) is 7.05 Å². The smallest absolute Gasteiger partial charge is 0.265 e. The van der Waals surface area contributed by atoms with Crippen LogP contribution in [-0.4, -0.2) is 26.6 Å². The lowest BCUT2D eigenvalue weighted by atomic mass is 10.3. The third kappa shape index (κ3) is 3.53. The lowest BCUT2D eigenvalue weighted by Gasteiger charge is -2.09. The van der Waals surface area contributed by atoms with E-state index in [1.165, 1.54) is 23.0 Å². The first-order chi connectivity index (χ1) is 9.59. The molecule has 1 heterocycles. The monoisotopic (exact) mass is 350 g/mol. The van der Waals surface area contributed by atoms with Crippen molar-refractivity contribution in [3.8, 4) is 0 Å². The number of hydrogen-bond donors (Lipinski definition) is 2. The number of aryl methyl sites for hydroxylation is 1. The standard InChI is InChI=1S/C10H11ClN4O4S2/c1-15-6-8(5-13-15)21(18,19)14-10-4-7(20(12,16)17)2-3-9(10)11/h2-6,14H,1H3,(H2,12,16,17). The predicted octanol–water partition coefficient (Wildman–Crippen LogP) is 0.522. The third-order valence-corrected chi connectivity index (χ3v) is 5.06. The number of aromatic nitrogens is 2. The lowest BCUT2D eigenvalue weighted by molar-refractivity contribution is 0.596. The third-order valence-electron chi connectivity index (χ3n) is 2.50. The largest absolute Gasteiger partial charge is 0.278 e. The summed E-state index contributed by atoms with van der Waals surface area (Å²) in [6, 6.07) is 3.47. The molecule has 0 saturated heterocycles. The number of nitrogens with zero attached hydrogens (tertiary/aromatic N) is 2. The van der Waals surface area contributed by atoms with E-state index in [0.717, 1.165) is 12.3 Å². The molecule has 114 valence electrons. The fourth-order valence-corrected chi connectivity index (χ4v) is 3.31. The highest BCUT2D eigenvalue weighted by molar-refractivity contribution is 7.92. The molecule has 11 heteroatoms. The quantitative estimate of drug-likeness (QED) is 0.831. The van der Waals surface area contributed by atoms with Crippen molar-refractivity contribution in [2.24, 2.45) is 12.2 Å². The van der Waals surface area contributed by atoms with Gasteiger partial charge in [0.15, 0.2) is 0 Å². The highest BCUT2D eigenvalue weighted by Gasteiger charge is 2.19. The van der Waals surface area contributed by atoms with Crippen molar-refractivity contribution in [1.29, 1.82) is 0 Å². The Morgan fingerprint density at radius 3 is 2.43 bits per heavy atom. The minimum atomic E-state index is -3.97. The van der Waals surface area contributed by atoms with Crippen molar-refractivity contribution >= 4 is 37.3 Å². The predicted molar refractivity (Wildman–Crippen MR) is 76.8 cm³/mol. The Hall–Kier alpha value is -1.62. The van der Waals surface area contributed by atoms with Crippen LogP contribution in [0.15, 0.2) is 40.4 Å². The van der Waals surface area contributed by atoms with Gasteiger partial charge < -0.3 is 0 Å². The van der Waals surface area contributed by atoms with Crippen molar-refractivity contribution in [3.63, 3.8) is 0 Å². The second kappa shape index (κ2) is 5.30. The molecule has 1 aromatic carbocycles. The highest BCUT2D eigenvalue weighted by atomic mass is 35.5. The summed E-state index contributed by atoms with van der Waals surface area (Å²) in [6.07, 6.45) is 2.44. The Morgan fingerprint density at radius 2 is 1.90 bits per heavy atom. The van der Waals surface area contributed by atoms with E-state index >= 15 is 0 Å². The van der Waals surface area contributed by atoms with E-state index in [4.69, 9.17) is 16.7 Å². The van der Waals surface area contributed by atoms with Gasteiger partial charge in [-0.3, -0.25) is 9.40 Å². The molecule has 0 aliphatic carbocycles. The van der Waals surface area contributed by atoms with E-state index < -0.39 is 20.0 Å². The number of rotatable bonds is 4. The Bertz CT molecular complexity index is 890. The molecular weight excluding hydrogens is 340 g/mol. The van der Waals surface area contributed by atoms with Gasteiger partial charge >= 0.3 is 0 Å². The number of halogens is 1. The van der Waals surface area contributed by atoms with Crippen molar-refractivity contribution in [1.82, 2.24) is 9.78 Å². The first-order valence-electron chi connectivity index (χ1n) is 5.43. The first kappa shape index (κ1) is 15.8. The molecule has 0 spiro atoms. The number of nitrogens with two attached hydrogens (primary N) is 1. The van der Waals surface area contributed by atoms with Gasteiger partial charge in [0.05, 0.1) is 21.8 Å². The van der Waals surface area contributed by atoms with Gasteiger partial charge in [0.25, 0.3) is 10.0 Å². The van der Waals surface area contributed by atoms with Crippen LogP contribution in [0, 0.1) is 0 Å². The van der Waals surface area contributed by atoms with E-state index in [-0.39, 0.29) is 20.5 Å². The summed E-state index contributed by atoms with van der Waals surface area (Å²) in [6.45, 7) is 0. The lowest BCUT2D eigenvalue weighted by Crippen LogP contribution is -2.15. The van der Waals surface area contributed by atoms with Gasteiger partial charge in [-0.15, -0.1) is 0 Å². The molecule has 8 nitrogen and oxygen atoms in total. The average Bonchev–Trinajstić information content (AvgIpc) is 2.78. The summed E-state index contributed by atoms with van der Waals surface area (Å²) in [5.74, 6) is 0. The highest BCUT2D eigenvalue weighted by Crippen LogP contribution is 2.27. The Morgan fingerprint density at radius 1 is 1.24 bits per heavy atom. The molecule has 0 saturated carbocycles. The summed E-state index contributed by atoms with van der Waals surface area (Å²) >= 11 is 5.86. The number of hydrogen-bond acceptors (Lipinski definition) is 5. The molecule has 0 radical (unpaired) electrons. The number of benzene rings is 1. The van der Waals surface area contributed by atoms with Gasteiger partial charge in [-0.2, -0.15) is 5.10 Å². The van der Waals surface area contributed by atoms with Crippen LogP contribution in [0.5, 0.6) is 0 Å². The normalized spacial score (nSPS) is 12.3. The molecule has 1 aromatic heterocycles. The molecule has 2 aromatic rings. The summed E-state index contributed by atoms with van der Waals surface area (Å²) < 4.78 is 50.3. The summed E-state index contributed by atoms with van der Waals surface area (Å²) in [5, 5.41) is 8.78. The van der Waals surface area contributed by atoms with E-state index in [0.29, 0.717) is 0 Å². The molecule has 0 bridgehead atoms. The summed E-state index contributed by atoms with van der Waals surface area (Å²) in [5.41, 5.74) is -0.0907. The minimum absolute atomic E-state index is 0.0369. The van der Waals surface area contributed by atoms with Crippen LogP contribution in [0.4, 0.5) is 5.69 Å². The van der Waals surface area contributed by atoms with E-state index in [2.05, 4.69) is 9.82 Å². The zero-order valence-corrected chi connectivity index (χ0v) is 13.1. The number of nitrogens with one attached hydrogen (secondary N) is 1. The Balaban J connectivity index is 2.44. The van der Waals surface area contributed by atoms with Gasteiger partial charge in [0.2, 0.25) is 10.0 Å². The molecule has 2 rings (SSSR count). The minimum Gasteiger partial charge on any atom is -0.278 e. The van der Waals surface area contributed by atoms with Crippen LogP contribution in [0.3, 0.4) is 0 Å². The Kier molecular flexibility index (Phi) is 3.97. The van der Waals surface area contributed by atoms with Crippen LogP contribution in [0.1, 0.15) is 0 Å². The maximum atomic E-state index is 12.1. The van der Waals surface area contributed by atoms with Crippen LogP contribution in [-0.2, 0) is 27.1 Å². The topological polar surface area (TPSA) is 124 Å². The first-order valence-corrected chi connectivity index (χ1v) is 8.84. The van der Waals surface area contributed by atoms with Crippen molar-refractivity contribution in [2.45, 2.75) is 9.79 Å². The molecule has 0 unspecified atom stereocenters. The van der Waals surface area contributed by atoms with Crippen LogP contribution in [0.25, 0.3) is 0 Å². The molecule has 0 aliphatic rings. The van der Waals surface area contributed by atoms with Crippen LogP contribution in [0.2, 0.25) is 5.02 Å². The second-order valence-electron chi connectivity index (χ2n) is 4.14. The van der Waals surface area contributed by atoms with E-state index in [9.17, 15) is 16.8 Å². The zero-order chi connectivity index (χ0) is 15.8. The van der Waals surface area contributed by atoms with Crippen molar-refractivity contribution in [3.05, 3.63) is 35.6 Å². The molecular formula is C10H11ClN4O4S2. The second-order valence-corrected chi connectivity index (χ2v) is 7.79. The average molecular weight is 351 g/mol. The summed E-state index contributed by atoms with van der Waals surface area (Å²) in [7, 11) is -6.34. The summed E-state index contributed by atoms with van der Waals surface area (Å²) in [4.78, 5) is -0.335. The van der Waals surface area contributed by atoms with Crippen LogP contribution >= 0.6 is 11.6 Å². The number of anilines is 1. The maximum absolute atomic E-state index is 12.1. The zero-order valence-electron chi connectivity index (χ0n) is 10.7. The maximum Gasteiger partial charge on any atom is 0.265 e. The van der Waals surface area contributed by atoms with Gasteiger partial charge in [0, 0.05) is 13.2 Å². The molecule has 3 N–H and O–H groups in total. The molecule has 0 aliphatic heterocycles. The SMILES string of the molecule is Cn1cc(S(=O)(=O)Nc2cc(S(N)(=O)=O)ccc2Cl)cn1. The molecule has 0 amide bonds. The molecule has 21 heavy (non-hydrogen) atoms. The van der Waals surface area contributed by atoms with E-state index in [1.807, 2.05) is 0 Å². The van der Waals surface area contributed by atoms with Gasteiger partial charge in [0.1, 0.15) is 4.90 Å². The van der Waals surface area contributed by atoms with Gasteiger partial charge in [-0.1, -0.05) is 11.6 Å². The van der Waals surface area contributed by atoms with Gasteiger partial charge in [-0.05, 0) is 18.2 Å². The number of primary sulfonamides is 1. The molecule has 0 fully saturated rings. The fraction of sp³-hybridized carbons (Fsp3) is 0.100. The van der Waals surface area contributed by atoms with Crippen molar-refractivity contribution in [2.75, 3.05) is 4.72 Å².